The Morgan fingerprint density at radius 2 is 1.60 bits per heavy atom. The first kappa shape index (κ1) is 15.0. The van der Waals surface area contributed by atoms with E-state index in [1.807, 2.05) is 6.07 Å². The number of benzene rings is 2. The van der Waals surface area contributed by atoms with E-state index in [1.165, 1.54) is 18.2 Å². The summed E-state index contributed by atoms with van der Waals surface area (Å²) in [7, 11) is 0. The molecule has 0 saturated heterocycles. The number of rotatable bonds is 5. The van der Waals surface area contributed by atoms with Crippen LogP contribution >= 0.6 is 11.8 Å². The number of hydrogen-bond donors (Lipinski definition) is 0. The largest absolute Gasteiger partial charge is 0.207 e. The van der Waals surface area contributed by atoms with Gasteiger partial charge in [-0.15, -0.1) is 11.8 Å². The quantitative estimate of drug-likeness (QED) is 0.660. The molecule has 0 unspecified atom stereocenters. The van der Waals surface area contributed by atoms with Crippen LogP contribution in [0.15, 0.2) is 47.4 Å². The van der Waals surface area contributed by atoms with Gasteiger partial charge in [-0.25, -0.2) is 8.78 Å². The zero-order chi connectivity index (χ0) is 14.5. The molecule has 3 heteroatoms. The second-order valence-electron chi connectivity index (χ2n) is 5.27. The third-order valence-electron chi connectivity index (χ3n) is 2.96. The van der Waals surface area contributed by atoms with Crippen LogP contribution in [0.3, 0.4) is 0 Å². The normalized spacial score (nSPS) is 11.1. The van der Waals surface area contributed by atoms with E-state index in [0.717, 1.165) is 28.2 Å². The highest BCUT2D eigenvalue weighted by molar-refractivity contribution is 7.98. The van der Waals surface area contributed by atoms with Gasteiger partial charge in [0.15, 0.2) is 0 Å². The van der Waals surface area contributed by atoms with Gasteiger partial charge in [0.25, 0.3) is 0 Å². The lowest BCUT2D eigenvalue weighted by atomic mass is 10.0. The van der Waals surface area contributed by atoms with Gasteiger partial charge >= 0.3 is 0 Å². The van der Waals surface area contributed by atoms with E-state index in [1.54, 1.807) is 30.0 Å². The first-order chi connectivity index (χ1) is 9.54. The molecule has 20 heavy (non-hydrogen) atoms. The molecule has 0 N–H and O–H groups in total. The molecule has 0 bridgehead atoms. The zero-order valence-corrected chi connectivity index (χ0v) is 12.5. The molecule has 2 aromatic rings. The highest BCUT2D eigenvalue weighted by atomic mass is 32.2. The summed E-state index contributed by atoms with van der Waals surface area (Å²) in [6.07, 6.45) is 0.865. The fourth-order valence-corrected chi connectivity index (χ4v) is 3.04. The minimum atomic E-state index is -0.221. The molecule has 0 aliphatic rings. The summed E-state index contributed by atoms with van der Waals surface area (Å²) in [6, 6.07) is 11.5. The minimum absolute atomic E-state index is 0.188. The Morgan fingerprint density at radius 1 is 0.950 bits per heavy atom. The molecule has 0 aliphatic carbocycles. The summed E-state index contributed by atoms with van der Waals surface area (Å²) in [5, 5.41) is 0. The Kier molecular flexibility index (Phi) is 5.18. The van der Waals surface area contributed by atoms with Crippen LogP contribution in [0.2, 0.25) is 0 Å². The first-order valence-electron chi connectivity index (χ1n) is 6.70. The summed E-state index contributed by atoms with van der Waals surface area (Å²) in [4.78, 5) is 1.10. The lowest BCUT2D eigenvalue weighted by molar-refractivity contribution is 0.607. The van der Waals surface area contributed by atoms with Crippen molar-refractivity contribution in [3.05, 3.63) is 65.2 Å². The summed E-state index contributed by atoms with van der Waals surface area (Å²) >= 11 is 1.67. The fourth-order valence-electron chi connectivity index (χ4n) is 2.03. The van der Waals surface area contributed by atoms with Crippen molar-refractivity contribution in [3.63, 3.8) is 0 Å². The molecule has 106 valence electrons. The molecule has 0 amide bonds. The molecular formula is C17H18F2S. The second-order valence-corrected chi connectivity index (χ2v) is 6.28. The Bertz CT molecular complexity index is 562. The van der Waals surface area contributed by atoms with E-state index in [9.17, 15) is 8.78 Å². The van der Waals surface area contributed by atoms with Crippen LogP contribution in [-0.4, -0.2) is 0 Å². The van der Waals surface area contributed by atoms with E-state index in [4.69, 9.17) is 0 Å². The van der Waals surface area contributed by atoms with E-state index >= 15 is 0 Å². The van der Waals surface area contributed by atoms with Gasteiger partial charge in [0.05, 0.1) is 0 Å². The molecule has 0 aliphatic heterocycles. The van der Waals surface area contributed by atoms with Gasteiger partial charge in [0, 0.05) is 10.6 Å². The van der Waals surface area contributed by atoms with Crippen LogP contribution in [0.5, 0.6) is 0 Å². The predicted octanol–water partition coefficient (Wildman–Crippen LogP) is 5.46. The summed E-state index contributed by atoms with van der Waals surface area (Å²) in [5.74, 6) is 0.839. The first-order valence-corrected chi connectivity index (χ1v) is 7.69. The molecule has 0 aromatic heterocycles. The molecular weight excluding hydrogens is 274 g/mol. The predicted molar refractivity (Wildman–Crippen MR) is 80.9 cm³/mol. The highest BCUT2D eigenvalue weighted by Gasteiger charge is 2.07. The third-order valence-corrected chi connectivity index (χ3v) is 4.15. The van der Waals surface area contributed by atoms with Crippen molar-refractivity contribution in [2.75, 3.05) is 0 Å². The lowest BCUT2D eigenvalue weighted by Crippen LogP contribution is -1.97. The van der Waals surface area contributed by atoms with Crippen molar-refractivity contribution in [2.24, 2.45) is 5.92 Å². The summed E-state index contributed by atoms with van der Waals surface area (Å²) in [5.41, 5.74) is 2.11. The van der Waals surface area contributed by atoms with E-state index in [-0.39, 0.29) is 11.6 Å². The number of thioether (sulfide) groups is 1. The smallest absolute Gasteiger partial charge is 0.123 e. The minimum Gasteiger partial charge on any atom is -0.207 e. The van der Waals surface area contributed by atoms with Gasteiger partial charge in [-0.05, 0) is 53.8 Å². The fraction of sp³-hybridized carbons (Fsp3) is 0.294. The summed E-state index contributed by atoms with van der Waals surface area (Å²) < 4.78 is 26.2. The van der Waals surface area contributed by atoms with Crippen LogP contribution in [0.1, 0.15) is 25.0 Å². The van der Waals surface area contributed by atoms with Crippen molar-refractivity contribution in [1.29, 1.82) is 0 Å². The molecule has 0 heterocycles. The second kappa shape index (κ2) is 6.89. The van der Waals surface area contributed by atoms with Gasteiger partial charge in [0.2, 0.25) is 0 Å². The third kappa shape index (κ3) is 4.34. The monoisotopic (exact) mass is 292 g/mol. The van der Waals surface area contributed by atoms with Crippen LogP contribution in [0.4, 0.5) is 8.78 Å². The van der Waals surface area contributed by atoms with Crippen molar-refractivity contribution >= 4 is 11.8 Å². The van der Waals surface area contributed by atoms with E-state index in [0.29, 0.717) is 5.92 Å². The average Bonchev–Trinajstić information content (AvgIpc) is 2.39. The standard InChI is InChI=1S/C17H18F2S/c1-12(2)9-14-10-16(19)7-8-17(14)20-11-13-3-5-15(18)6-4-13/h3-8,10,12H,9,11H2,1-2H3. The number of halogens is 2. The molecule has 0 nitrogen and oxygen atoms in total. The topological polar surface area (TPSA) is 0 Å². The van der Waals surface area contributed by atoms with Gasteiger partial charge in [-0.3, -0.25) is 0 Å². The molecule has 0 saturated carbocycles. The molecule has 0 spiro atoms. The Balaban J connectivity index is 2.10. The Hall–Kier alpha value is -1.35. The van der Waals surface area contributed by atoms with Crippen LogP contribution in [-0.2, 0) is 12.2 Å². The van der Waals surface area contributed by atoms with Crippen molar-refractivity contribution < 1.29 is 8.78 Å². The Morgan fingerprint density at radius 3 is 2.25 bits per heavy atom. The lowest BCUT2D eigenvalue weighted by Gasteiger charge is -2.11. The maximum atomic E-state index is 13.4. The molecule has 0 fully saturated rings. The molecule has 0 atom stereocenters. The van der Waals surface area contributed by atoms with Crippen molar-refractivity contribution in [1.82, 2.24) is 0 Å². The average molecular weight is 292 g/mol. The van der Waals surface area contributed by atoms with Crippen molar-refractivity contribution in [2.45, 2.75) is 30.9 Å². The molecule has 2 rings (SSSR count). The van der Waals surface area contributed by atoms with E-state index in [2.05, 4.69) is 13.8 Å². The number of hydrogen-bond acceptors (Lipinski definition) is 1. The van der Waals surface area contributed by atoms with Gasteiger partial charge < -0.3 is 0 Å². The van der Waals surface area contributed by atoms with Crippen LogP contribution in [0.25, 0.3) is 0 Å². The highest BCUT2D eigenvalue weighted by Crippen LogP contribution is 2.28. The molecule has 0 radical (unpaired) electrons. The van der Waals surface area contributed by atoms with Crippen molar-refractivity contribution in [3.8, 4) is 0 Å². The molecule has 2 aromatic carbocycles. The van der Waals surface area contributed by atoms with Gasteiger partial charge in [-0.2, -0.15) is 0 Å². The van der Waals surface area contributed by atoms with Crippen LogP contribution < -0.4 is 0 Å². The zero-order valence-electron chi connectivity index (χ0n) is 11.7. The summed E-state index contributed by atoms with van der Waals surface area (Å²) in [6.45, 7) is 4.25. The van der Waals surface area contributed by atoms with E-state index < -0.39 is 0 Å². The van der Waals surface area contributed by atoms with Crippen LogP contribution in [0, 0.1) is 17.6 Å². The van der Waals surface area contributed by atoms with Gasteiger partial charge in [0.1, 0.15) is 11.6 Å². The SMILES string of the molecule is CC(C)Cc1cc(F)ccc1SCc1ccc(F)cc1. The Labute approximate surface area is 123 Å². The maximum Gasteiger partial charge on any atom is 0.123 e. The maximum absolute atomic E-state index is 13.4. The van der Waals surface area contributed by atoms with Gasteiger partial charge in [-0.1, -0.05) is 26.0 Å².